The van der Waals surface area contributed by atoms with Gasteiger partial charge >= 0.3 is 0 Å². The van der Waals surface area contributed by atoms with E-state index in [2.05, 4.69) is 6.92 Å². The van der Waals surface area contributed by atoms with E-state index in [-0.39, 0.29) is 18.0 Å². The van der Waals surface area contributed by atoms with E-state index >= 15 is 0 Å². The van der Waals surface area contributed by atoms with Crippen molar-refractivity contribution in [2.75, 3.05) is 0 Å². The molecule has 0 unspecified atom stereocenters. The largest absolute Gasteiger partial charge is 0.299 e. The van der Waals surface area contributed by atoms with Gasteiger partial charge in [-0.3, -0.25) is 4.79 Å². The van der Waals surface area contributed by atoms with Crippen LogP contribution in [-0.4, -0.2) is 5.78 Å². The highest BCUT2D eigenvalue weighted by molar-refractivity contribution is 6.31. The predicted molar refractivity (Wildman–Crippen MR) is 68.9 cm³/mol. The molecule has 0 saturated heterocycles. The first-order chi connectivity index (χ1) is 8.15. The molecular formula is C14H18ClFO. The van der Waals surface area contributed by atoms with E-state index in [9.17, 15) is 9.18 Å². The quantitative estimate of drug-likeness (QED) is 0.654. The third-order valence-electron chi connectivity index (χ3n) is 2.74. The number of benzene rings is 1. The summed E-state index contributed by atoms with van der Waals surface area (Å²) in [6.45, 7) is 2.13. The number of hydrogen-bond acceptors (Lipinski definition) is 1. The summed E-state index contributed by atoms with van der Waals surface area (Å²) in [5.41, 5.74) is 0.328. The van der Waals surface area contributed by atoms with E-state index in [1.165, 1.54) is 6.07 Å². The van der Waals surface area contributed by atoms with Crippen molar-refractivity contribution < 1.29 is 9.18 Å². The Labute approximate surface area is 107 Å². The molecule has 1 rings (SSSR count). The molecule has 1 aromatic rings. The zero-order valence-electron chi connectivity index (χ0n) is 10.1. The minimum atomic E-state index is -0.389. The van der Waals surface area contributed by atoms with Gasteiger partial charge in [0.25, 0.3) is 0 Å². The number of rotatable bonds is 7. The van der Waals surface area contributed by atoms with Crippen molar-refractivity contribution in [3.05, 3.63) is 34.6 Å². The smallest absolute Gasteiger partial charge is 0.137 e. The van der Waals surface area contributed by atoms with Crippen molar-refractivity contribution in [2.45, 2.75) is 45.4 Å². The van der Waals surface area contributed by atoms with Crippen LogP contribution in [0.15, 0.2) is 18.2 Å². The van der Waals surface area contributed by atoms with E-state index in [1.807, 2.05) is 0 Å². The predicted octanol–water partition coefficient (Wildman–Crippen LogP) is 4.56. The summed E-state index contributed by atoms with van der Waals surface area (Å²) in [4.78, 5) is 11.7. The molecular weight excluding hydrogens is 239 g/mol. The van der Waals surface area contributed by atoms with Crippen LogP contribution in [-0.2, 0) is 11.2 Å². The van der Waals surface area contributed by atoms with Crippen LogP contribution in [0.4, 0.5) is 4.39 Å². The van der Waals surface area contributed by atoms with Gasteiger partial charge in [-0.2, -0.15) is 0 Å². The molecule has 0 bridgehead atoms. The molecule has 0 N–H and O–H groups in total. The summed E-state index contributed by atoms with van der Waals surface area (Å²) < 4.78 is 13.4. The van der Waals surface area contributed by atoms with Crippen LogP contribution in [0.3, 0.4) is 0 Å². The number of carbonyl (C=O) groups excluding carboxylic acids is 1. The highest BCUT2D eigenvalue weighted by atomic mass is 35.5. The Morgan fingerprint density at radius 1 is 1.29 bits per heavy atom. The van der Waals surface area contributed by atoms with Crippen LogP contribution in [0.25, 0.3) is 0 Å². The Morgan fingerprint density at radius 2 is 2.06 bits per heavy atom. The van der Waals surface area contributed by atoms with Crippen LogP contribution in [0, 0.1) is 5.82 Å². The lowest BCUT2D eigenvalue weighted by molar-refractivity contribution is -0.118. The first kappa shape index (κ1) is 14.2. The zero-order valence-corrected chi connectivity index (χ0v) is 10.9. The van der Waals surface area contributed by atoms with Gasteiger partial charge in [0.2, 0.25) is 0 Å². The van der Waals surface area contributed by atoms with E-state index < -0.39 is 0 Å². The molecule has 1 nitrogen and oxygen atoms in total. The topological polar surface area (TPSA) is 17.1 Å². The van der Waals surface area contributed by atoms with Crippen molar-refractivity contribution in [3.63, 3.8) is 0 Å². The standard InChI is InChI=1S/C14H18ClFO/c1-2-3-4-5-7-11(17)10-12-13(15)8-6-9-14(12)16/h6,8-9H,2-5,7,10H2,1H3. The lowest BCUT2D eigenvalue weighted by Crippen LogP contribution is -2.05. The summed E-state index contributed by atoms with van der Waals surface area (Å²) in [7, 11) is 0. The highest BCUT2D eigenvalue weighted by Crippen LogP contribution is 2.20. The van der Waals surface area contributed by atoms with Crippen LogP contribution in [0.2, 0.25) is 5.02 Å². The van der Waals surface area contributed by atoms with Crippen LogP contribution in [0.5, 0.6) is 0 Å². The second-order valence-corrected chi connectivity index (χ2v) is 4.63. The lowest BCUT2D eigenvalue weighted by Gasteiger charge is -2.05. The minimum Gasteiger partial charge on any atom is -0.299 e. The van der Waals surface area contributed by atoms with E-state index in [4.69, 9.17) is 11.6 Å². The maximum atomic E-state index is 13.4. The van der Waals surface area contributed by atoms with Crippen LogP contribution >= 0.6 is 11.6 Å². The summed E-state index contributed by atoms with van der Waals surface area (Å²) in [6.07, 6.45) is 4.87. The number of ketones is 1. The molecule has 94 valence electrons. The van der Waals surface area contributed by atoms with Crippen molar-refractivity contribution in [1.29, 1.82) is 0 Å². The Hall–Kier alpha value is -0.890. The molecule has 0 amide bonds. The zero-order chi connectivity index (χ0) is 12.7. The maximum Gasteiger partial charge on any atom is 0.137 e. The van der Waals surface area contributed by atoms with Crippen molar-refractivity contribution in [1.82, 2.24) is 0 Å². The Kier molecular flexibility index (Phi) is 6.20. The van der Waals surface area contributed by atoms with Gasteiger partial charge in [-0.15, -0.1) is 0 Å². The molecule has 0 aliphatic carbocycles. The van der Waals surface area contributed by atoms with Gasteiger partial charge in [-0.25, -0.2) is 4.39 Å². The number of unbranched alkanes of at least 4 members (excludes halogenated alkanes) is 3. The normalized spacial score (nSPS) is 10.5. The third-order valence-corrected chi connectivity index (χ3v) is 3.10. The fourth-order valence-corrected chi connectivity index (χ4v) is 1.97. The molecule has 0 aromatic heterocycles. The average Bonchev–Trinajstić information content (AvgIpc) is 2.30. The Bertz CT molecular complexity index is 356. The van der Waals surface area contributed by atoms with Crippen molar-refractivity contribution >= 4 is 17.4 Å². The molecule has 0 heterocycles. The summed E-state index contributed by atoms with van der Waals surface area (Å²) in [5.74, 6) is -0.326. The van der Waals surface area contributed by atoms with E-state index in [0.717, 1.165) is 25.7 Å². The van der Waals surface area contributed by atoms with Gasteiger partial charge in [0.05, 0.1) is 0 Å². The monoisotopic (exact) mass is 256 g/mol. The second kappa shape index (κ2) is 7.44. The van der Waals surface area contributed by atoms with Gasteiger partial charge in [-0.05, 0) is 18.6 Å². The summed E-state index contributed by atoms with van der Waals surface area (Å²) in [5, 5.41) is 0.340. The molecule has 0 saturated carbocycles. The number of halogens is 2. The third kappa shape index (κ3) is 4.86. The molecule has 17 heavy (non-hydrogen) atoms. The summed E-state index contributed by atoms with van der Waals surface area (Å²) in [6, 6.07) is 4.50. The SMILES string of the molecule is CCCCCCC(=O)Cc1c(F)cccc1Cl. The molecule has 3 heteroatoms. The lowest BCUT2D eigenvalue weighted by atomic mass is 10.0. The van der Waals surface area contributed by atoms with Crippen molar-refractivity contribution in [2.24, 2.45) is 0 Å². The molecule has 1 aromatic carbocycles. The molecule has 0 spiro atoms. The minimum absolute atomic E-state index is 0.0631. The maximum absolute atomic E-state index is 13.4. The van der Waals surface area contributed by atoms with Gasteiger partial charge in [-0.1, -0.05) is 43.9 Å². The number of carbonyl (C=O) groups is 1. The fraction of sp³-hybridized carbons (Fsp3) is 0.500. The Balaban J connectivity index is 2.45. The highest BCUT2D eigenvalue weighted by Gasteiger charge is 2.11. The molecule has 0 fully saturated rings. The van der Waals surface area contributed by atoms with Gasteiger partial charge in [0.1, 0.15) is 11.6 Å². The van der Waals surface area contributed by atoms with Gasteiger partial charge < -0.3 is 0 Å². The molecule has 0 aliphatic heterocycles. The molecule has 0 radical (unpaired) electrons. The average molecular weight is 257 g/mol. The van der Waals surface area contributed by atoms with Crippen LogP contribution < -0.4 is 0 Å². The first-order valence-corrected chi connectivity index (χ1v) is 6.47. The second-order valence-electron chi connectivity index (χ2n) is 4.23. The van der Waals surface area contributed by atoms with Crippen molar-refractivity contribution in [3.8, 4) is 0 Å². The van der Waals surface area contributed by atoms with E-state index in [0.29, 0.717) is 17.0 Å². The fourth-order valence-electron chi connectivity index (χ4n) is 1.74. The van der Waals surface area contributed by atoms with E-state index in [1.54, 1.807) is 12.1 Å². The Morgan fingerprint density at radius 3 is 2.71 bits per heavy atom. The van der Waals surface area contributed by atoms with Gasteiger partial charge in [0, 0.05) is 23.4 Å². The molecule has 0 atom stereocenters. The summed E-state index contributed by atoms with van der Waals surface area (Å²) >= 11 is 5.87. The number of hydrogen-bond donors (Lipinski definition) is 0. The first-order valence-electron chi connectivity index (χ1n) is 6.09. The van der Waals surface area contributed by atoms with Crippen LogP contribution in [0.1, 0.15) is 44.6 Å². The van der Waals surface area contributed by atoms with Gasteiger partial charge in [0.15, 0.2) is 0 Å². The number of Topliss-reactive ketones (excluding diaryl/α,β-unsaturated/α-hetero) is 1. The molecule has 0 aliphatic rings.